The van der Waals surface area contributed by atoms with E-state index in [0.717, 1.165) is 5.56 Å². The van der Waals surface area contributed by atoms with Crippen LogP contribution in [0.2, 0.25) is 0 Å². The number of Topliss-reactive ketones (excluding diaryl/α,β-unsaturated/α-hetero) is 1. The van der Waals surface area contributed by atoms with Crippen molar-refractivity contribution in [1.82, 2.24) is 0 Å². The lowest BCUT2D eigenvalue weighted by molar-refractivity contribution is -0.483. The van der Waals surface area contributed by atoms with Gasteiger partial charge in [-0.3, -0.25) is 14.9 Å². The quantitative estimate of drug-likeness (QED) is 0.447. The predicted octanol–water partition coefficient (Wildman–Crippen LogP) is 3.33. The van der Waals surface area contributed by atoms with Gasteiger partial charge in [0, 0.05) is 16.9 Å². The van der Waals surface area contributed by atoms with Crippen LogP contribution in [0.4, 0.5) is 0 Å². The van der Waals surface area contributed by atoms with Crippen molar-refractivity contribution in [1.29, 1.82) is 0 Å². The molecule has 0 saturated carbocycles. The number of ether oxygens (including phenoxy) is 1. The van der Waals surface area contributed by atoms with E-state index >= 15 is 0 Å². The summed E-state index contributed by atoms with van der Waals surface area (Å²) < 4.78 is 5.08. The van der Waals surface area contributed by atoms with Crippen molar-refractivity contribution in [3.63, 3.8) is 0 Å². The summed E-state index contributed by atoms with van der Waals surface area (Å²) in [7, 11) is 1.56. The van der Waals surface area contributed by atoms with Crippen LogP contribution in [-0.2, 0) is 0 Å². The van der Waals surface area contributed by atoms with Gasteiger partial charge in [0.05, 0.1) is 13.0 Å². The van der Waals surface area contributed by atoms with Crippen LogP contribution in [-0.4, -0.2) is 24.4 Å². The molecule has 0 heterocycles. The smallest absolute Gasteiger partial charge is 0.211 e. The second kappa shape index (κ2) is 7.36. The number of ketones is 1. The summed E-state index contributed by atoms with van der Waals surface area (Å²) in [6.45, 7) is -0.273. The molecule has 2 aromatic rings. The van der Waals surface area contributed by atoms with E-state index in [1.54, 1.807) is 55.6 Å². The maximum absolute atomic E-state index is 12.3. The zero-order valence-corrected chi connectivity index (χ0v) is 12.3. The van der Waals surface area contributed by atoms with E-state index in [2.05, 4.69) is 0 Å². The van der Waals surface area contributed by atoms with Crippen LogP contribution < -0.4 is 4.74 Å². The van der Waals surface area contributed by atoms with Crippen LogP contribution in [0, 0.1) is 10.1 Å². The highest BCUT2D eigenvalue weighted by atomic mass is 16.6. The lowest BCUT2D eigenvalue weighted by Gasteiger charge is -2.13. The number of methoxy groups -OCH3 is 1. The van der Waals surface area contributed by atoms with Gasteiger partial charge in [0.2, 0.25) is 6.54 Å². The van der Waals surface area contributed by atoms with E-state index < -0.39 is 5.92 Å². The van der Waals surface area contributed by atoms with Gasteiger partial charge in [-0.05, 0) is 17.7 Å². The SMILES string of the molecule is COc1ccc([C@@H](CC(=O)c2ccccc2)C[N+](=O)[O-])cc1. The molecule has 0 aromatic heterocycles. The Morgan fingerprint density at radius 3 is 2.32 bits per heavy atom. The molecule has 5 nitrogen and oxygen atoms in total. The van der Waals surface area contributed by atoms with Crippen molar-refractivity contribution in [2.45, 2.75) is 12.3 Å². The van der Waals surface area contributed by atoms with E-state index in [4.69, 9.17) is 4.74 Å². The van der Waals surface area contributed by atoms with Gasteiger partial charge in [-0.15, -0.1) is 0 Å². The van der Waals surface area contributed by atoms with Gasteiger partial charge in [0.1, 0.15) is 5.75 Å². The summed E-state index contributed by atoms with van der Waals surface area (Å²) in [5, 5.41) is 10.9. The molecule has 5 heteroatoms. The molecule has 0 aliphatic carbocycles. The fourth-order valence-electron chi connectivity index (χ4n) is 2.31. The molecule has 0 aliphatic heterocycles. The van der Waals surface area contributed by atoms with Gasteiger partial charge in [-0.1, -0.05) is 42.5 Å². The molecule has 2 rings (SSSR count). The summed E-state index contributed by atoms with van der Waals surface area (Å²) in [4.78, 5) is 22.8. The largest absolute Gasteiger partial charge is 0.497 e. The molecule has 0 amide bonds. The standard InChI is InChI=1S/C17H17NO4/c1-22-16-9-7-13(8-10-16)15(12-18(20)21)11-17(19)14-5-3-2-4-6-14/h2-10,15H,11-12H2,1H3/t15-/m0/s1. The third kappa shape index (κ3) is 4.15. The van der Waals surface area contributed by atoms with Gasteiger partial charge in [0.25, 0.3) is 0 Å². The maximum atomic E-state index is 12.3. The number of benzene rings is 2. The minimum absolute atomic E-state index is 0.0942. The van der Waals surface area contributed by atoms with Crippen molar-refractivity contribution < 1.29 is 14.5 Å². The molecule has 114 valence electrons. The summed E-state index contributed by atoms with van der Waals surface area (Å²) in [6, 6.07) is 15.9. The van der Waals surface area contributed by atoms with Crippen molar-refractivity contribution in [3.8, 4) is 5.75 Å². The first-order valence-corrected chi connectivity index (χ1v) is 6.94. The Hall–Kier alpha value is -2.69. The van der Waals surface area contributed by atoms with E-state index in [0.29, 0.717) is 11.3 Å². The van der Waals surface area contributed by atoms with Crippen LogP contribution >= 0.6 is 0 Å². The number of rotatable bonds is 7. The average Bonchev–Trinajstić information content (AvgIpc) is 2.54. The molecule has 0 radical (unpaired) electrons. The van der Waals surface area contributed by atoms with Gasteiger partial charge in [-0.2, -0.15) is 0 Å². The molecule has 0 spiro atoms. The second-order valence-electron chi connectivity index (χ2n) is 4.98. The molecule has 2 aromatic carbocycles. The molecule has 22 heavy (non-hydrogen) atoms. The second-order valence-corrected chi connectivity index (χ2v) is 4.98. The number of carbonyl (C=O) groups excluding carboxylic acids is 1. The number of carbonyl (C=O) groups is 1. The van der Waals surface area contributed by atoms with E-state index in [1.165, 1.54) is 0 Å². The van der Waals surface area contributed by atoms with Gasteiger partial charge in [-0.25, -0.2) is 0 Å². The number of nitro groups is 1. The lowest BCUT2D eigenvalue weighted by atomic mass is 9.91. The van der Waals surface area contributed by atoms with Crippen LogP contribution in [0.25, 0.3) is 0 Å². The van der Waals surface area contributed by atoms with Gasteiger partial charge < -0.3 is 4.74 Å². The fraction of sp³-hybridized carbons (Fsp3) is 0.235. The van der Waals surface area contributed by atoms with Gasteiger partial charge >= 0.3 is 0 Å². The number of hydrogen-bond acceptors (Lipinski definition) is 4. The van der Waals surface area contributed by atoms with E-state index in [9.17, 15) is 14.9 Å². The third-order valence-electron chi connectivity index (χ3n) is 3.48. The minimum Gasteiger partial charge on any atom is -0.497 e. The Kier molecular flexibility index (Phi) is 5.25. The zero-order chi connectivity index (χ0) is 15.9. The maximum Gasteiger partial charge on any atom is 0.211 e. The Morgan fingerprint density at radius 2 is 1.77 bits per heavy atom. The van der Waals surface area contributed by atoms with Crippen molar-refractivity contribution in [2.75, 3.05) is 13.7 Å². The molecular formula is C17H17NO4. The summed E-state index contributed by atoms with van der Waals surface area (Å²) in [6.07, 6.45) is 0.108. The normalized spacial score (nSPS) is 11.7. The van der Waals surface area contributed by atoms with Crippen molar-refractivity contribution in [3.05, 3.63) is 75.8 Å². The first-order chi connectivity index (χ1) is 10.6. The van der Waals surface area contributed by atoms with Crippen LogP contribution in [0.3, 0.4) is 0 Å². The molecule has 1 atom stereocenters. The zero-order valence-electron chi connectivity index (χ0n) is 12.3. The fourth-order valence-corrected chi connectivity index (χ4v) is 2.31. The topological polar surface area (TPSA) is 69.4 Å². The summed E-state index contributed by atoms with van der Waals surface area (Å²) in [5.74, 6) is 0.134. The van der Waals surface area contributed by atoms with Crippen molar-refractivity contribution in [2.24, 2.45) is 0 Å². The van der Waals surface area contributed by atoms with Crippen LogP contribution in [0.1, 0.15) is 28.3 Å². The first-order valence-electron chi connectivity index (χ1n) is 6.94. The highest BCUT2D eigenvalue weighted by Crippen LogP contribution is 2.24. The lowest BCUT2D eigenvalue weighted by Crippen LogP contribution is -2.16. The molecule has 0 fully saturated rings. The Bertz CT molecular complexity index is 637. The van der Waals surface area contributed by atoms with E-state index in [1.807, 2.05) is 6.07 Å². The number of hydrogen-bond donors (Lipinski definition) is 0. The van der Waals surface area contributed by atoms with Gasteiger partial charge in [0.15, 0.2) is 5.78 Å². The Morgan fingerprint density at radius 1 is 1.14 bits per heavy atom. The minimum atomic E-state index is -0.450. The first kappa shape index (κ1) is 15.7. The third-order valence-corrected chi connectivity index (χ3v) is 3.48. The summed E-state index contributed by atoms with van der Waals surface area (Å²) in [5.41, 5.74) is 1.34. The van der Waals surface area contributed by atoms with Crippen molar-refractivity contribution >= 4 is 5.78 Å². The van der Waals surface area contributed by atoms with Crippen LogP contribution in [0.5, 0.6) is 5.75 Å². The summed E-state index contributed by atoms with van der Waals surface area (Å²) >= 11 is 0. The average molecular weight is 299 g/mol. The monoisotopic (exact) mass is 299 g/mol. The molecule has 0 aliphatic rings. The molecule has 0 bridgehead atoms. The highest BCUT2D eigenvalue weighted by Gasteiger charge is 2.22. The molecular weight excluding hydrogens is 282 g/mol. The van der Waals surface area contributed by atoms with E-state index in [-0.39, 0.29) is 23.7 Å². The Labute approximate surface area is 128 Å². The molecule has 0 saturated heterocycles. The van der Waals surface area contributed by atoms with Crippen LogP contribution in [0.15, 0.2) is 54.6 Å². The number of nitrogens with zero attached hydrogens (tertiary/aromatic N) is 1. The molecule has 0 N–H and O–H groups in total. The highest BCUT2D eigenvalue weighted by molar-refractivity contribution is 5.96. The molecule has 0 unspecified atom stereocenters. The Balaban J connectivity index is 2.18. The predicted molar refractivity (Wildman–Crippen MR) is 83.0 cm³/mol.